The van der Waals surface area contributed by atoms with E-state index in [1.165, 1.54) is 0 Å². The lowest BCUT2D eigenvalue weighted by molar-refractivity contribution is -0.139. The number of unbranched alkanes of at least 4 members (excludes halogenated alkanes) is 1. The number of allylic oxidation sites excluding steroid dienone is 2. The number of hydrogen-bond donors (Lipinski definition) is 2. The summed E-state index contributed by atoms with van der Waals surface area (Å²) in [5.74, 6) is -1.75. The van der Waals surface area contributed by atoms with E-state index in [9.17, 15) is 18.3 Å². The lowest BCUT2D eigenvalue weighted by atomic mass is 9.87. The van der Waals surface area contributed by atoms with Gasteiger partial charge in [-0.2, -0.15) is 0 Å². The first-order valence-electron chi connectivity index (χ1n) is 11.0. The van der Waals surface area contributed by atoms with E-state index in [0.717, 1.165) is 43.9 Å². The number of sulfonamides is 1. The highest BCUT2D eigenvalue weighted by atomic mass is 32.2. The molecule has 0 radical (unpaired) electrons. The molecule has 0 saturated carbocycles. The second-order valence-corrected chi connectivity index (χ2v) is 10.0. The Balaban J connectivity index is 1.78. The molecule has 2 atom stereocenters. The van der Waals surface area contributed by atoms with E-state index in [2.05, 4.69) is 19.5 Å². The van der Waals surface area contributed by atoms with E-state index < -0.39 is 28.0 Å². The number of nitrogens with zero attached hydrogens (tertiary/aromatic N) is 3. The molecule has 8 nitrogen and oxygen atoms in total. The smallest absolute Gasteiger partial charge is 0.310 e. The van der Waals surface area contributed by atoms with Crippen molar-refractivity contribution in [2.75, 3.05) is 36.8 Å². The topological polar surface area (TPSA) is 103 Å². The minimum Gasteiger partial charge on any atom is -0.481 e. The number of piperazine rings is 1. The molecule has 1 fully saturated rings. The highest BCUT2D eigenvalue weighted by Crippen LogP contribution is 2.27. The number of carboxylic acids is 1. The van der Waals surface area contributed by atoms with Crippen molar-refractivity contribution >= 4 is 21.7 Å². The lowest BCUT2D eigenvalue weighted by Gasteiger charge is -2.37. The summed E-state index contributed by atoms with van der Waals surface area (Å²) in [6.07, 6.45) is 12.2. The maximum absolute atomic E-state index is 12.7. The number of carboxylic acid groups (broad SMARTS) is 1. The molecule has 1 aliphatic carbocycles. The number of pyridine rings is 1. The van der Waals surface area contributed by atoms with Crippen LogP contribution < -0.4 is 9.62 Å². The van der Waals surface area contributed by atoms with Crippen molar-refractivity contribution in [2.24, 2.45) is 5.92 Å². The molecule has 9 heteroatoms. The molecule has 3 rings (SSSR count). The number of carbonyl (C=O) groups is 1. The van der Waals surface area contributed by atoms with Crippen LogP contribution in [0.4, 0.5) is 5.69 Å². The molecule has 1 aliphatic heterocycles. The van der Waals surface area contributed by atoms with Gasteiger partial charge in [0, 0.05) is 50.5 Å². The minimum atomic E-state index is -3.55. The second kappa shape index (κ2) is 10.8. The van der Waals surface area contributed by atoms with Gasteiger partial charge in [-0.3, -0.25) is 9.78 Å². The maximum Gasteiger partial charge on any atom is 0.310 e. The van der Waals surface area contributed by atoms with Crippen LogP contribution in [0.2, 0.25) is 0 Å². The molecule has 0 spiro atoms. The molecule has 2 heterocycles. The average molecular weight is 461 g/mol. The van der Waals surface area contributed by atoms with Crippen molar-refractivity contribution in [2.45, 2.75) is 32.7 Å². The summed E-state index contributed by atoms with van der Waals surface area (Å²) in [7, 11) is -3.55. The third kappa shape index (κ3) is 6.20. The van der Waals surface area contributed by atoms with E-state index in [4.69, 9.17) is 0 Å². The van der Waals surface area contributed by atoms with E-state index in [-0.39, 0.29) is 5.75 Å². The number of aliphatic carboxylic acids is 1. The maximum atomic E-state index is 12.7. The van der Waals surface area contributed by atoms with Crippen LogP contribution in [0.25, 0.3) is 0 Å². The van der Waals surface area contributed by atoms with E-state index in [1.54, 1.807) is 31.5 Å². The van der Waals surface area contributed by atoms with Crippen LogP contribution in [0.3, 0.4) is 0 Å². The van der Waals surface area contributed by atoms with Crippen LogP contribution in [0.15, 0.2) is 60.1 Å². The van der Waals surface area contributed by atoms with Crippen molar-refractivity contribution < 1.29 is 18.3 Å². The Morgan fingerprint density at radius 2 is 1.97 bits per heavy atom. The third-order valence-electron chi connectivity index (χ3n) is 5.85. The zero-order valence-corrected chi connectivity index (χ0v) is 19.5. The summed E-state index contributed by atoms with van der Waals surface area (Å²) in [5.41, 5.74) is 2.43. The predicted octanol–water partition coefficient (Wildman–Crippen LogP) is 2.39. The number of aromatic nitrogens is 1. The van der Waals surface area contributed by atoms with E-state index >= 15 is 0 Å². The van der Waals surface area contributed by atoms with E-state index in [0.29, 0.717) is 12.0 Å². The fourth-order valence-corrected chi connectivity index (χ4v) is 5.31. The van der Waals surface area contributed by atoms with Gasteiger partial charge in [0.05, 0.1) is 17.7 Å². The van der Waals surface area contributed by atoms with Gasteiger partial charge in [-0.15, -0.1) is 0 Å². The van der Waals surface area contributed by atoms with Crippen LogP contribution >= 0.6 is 0 Å². The fraction of sp³-hybridized carbons (Fsp3) is 0.478. The summed E-state index contributed by atoms with van der Waals surface area (Å²) in [6, 6.07) is 3.29. The standard InChI is InChI=1S/C23H32N4O4S/c1-3-4-16-32(30,31)25-22-19(6-5-7-21(22)18(2)23(28)29)17-26-12-14-27(15-13-26)20-8-10-24-11-9-20/h5-11,17-18,22,25H,3-4,12-16H2,1-2H3,(H,28,29). The van der Waals surface area contributed by atoms with Gasteiger partial charge in [0.2, 0.25) is 10.0 Å². The molecule has 1 aromatic rings. The Hall–Kier alpha value is -2.65. The van der Waals surface area contributed by atoms with Crippen molar-refractivity contribution in [3.63, 3.8) is 0 Å². The van der Waals surface area contributed by atoms with E-state index in [1.807, 2.05) is 31.3 Å². The van der Waals surface area contributed by atoms with Gasteiger partial charge in [-0.1, -0.05) is 31.6 Å². The highest BCUT2D eigenvalue weighted by Gasteiger charge is 2.31. The van der Waals surface area contributed by atoms with Gasteiger partial charge in [0.25, 0.3) is 0 Å². The molecule has 174 valence electrons. The third-order valence-corrected chi connectivity index (χ3v) is 7.27. The van der Waals surface area contributed by atoms with Crippen LogP contribution in [0, 0.1) is 5.92 Å². The molecule has 1 saturated heterocycles. The van der Waals surface area contributed by atoms with Crippen LogP contribution in [0.1, 0.15) is 26.7 Å². The number of hydrogen-bond acceptors (Lipinski definition) is 6. The Bertz CT molecular complexity index is 981. The molecule has 2 aliphatic rings. The highest BCUT2D eigenvalue weighted by molar-refractivity contribution is 7.89. The molecule has 0 aromatic carbocycles. The molecule has 0 amide bonds. The first-order valence-corrected chi connectivity index (χ1v) is 12.7. The molecule has 2 unspecified atom stereocenters. The van der Waals surface area contributed by atoms with Gasteiger partial charge >= 0.3 is 5.97 Å². The Morgan fingerprint density at radius 1 is 1.28 bits per heavy atom. The fourth-order valence-electron chi connectivity index (χ4n) is 3.89. The lowest BCUT2D eigenvalue weighted by Crippen LogP contribution is -2.46. The van der Waals surface area contributed by atoms with Crippen molar-refractivity contribution in [1.29, 1.82) is 0 Å². The summed E-state index contributed by atoms with van der Waals surface area (Å²) in [4.78, 5) is 20.2. The monoisotopic (exact) mass is 460 g/mol. The zero-order valence-electron chi connectivity index (χ0n) is 18.6. The average Bonchev–Trinajstić information content (AvgIpc) is 2.79. The van der Waals surface area contributed by atoms with Crippen LogP contribution in [-0.2, 0) is 14.8 Å². The van der Waals surface area contributed by atoms with Gasteiger partial charge in [-0.25, -0.2) is 13.1 Å². The van der Waals surface area contributed by atoms with Gasteiger partial charge in [0.1, 0.15) is 0 Å². The van der Waals surface area contributed by atoms with Gasteiger partial charge < -0.3 is 14.9 Å². The minimum absolute atomic E-state index is 0.0241. The summed E-state index contributed by atoms with van der Waals surface area (Å²) in [6.45, 7) is 6.75. The second-order valence-electron chi connectivity index (χ2n) is 8.17. The largest absolute Gasteiger partial charge is 0.481 e. The predicted molar refractivity (Wildman–Crippen MR) is 126 cm³/mol. The zero-order chi connectivity index (χ0) is 23.1. The molecule has 0 bridgehead atoms. The number of nitrogens with one attached hydrogen (secondary N) is 1. The quantitative estimate of drug-likeness (QED) is 0.583. The molecule has 32 heavy (non-hydrogen) atoms. The summed E-state index contributed by atoms with van der Waals surface area (Å²) >= 11 is 0. The Morgan fingerprint density at radius 3 is 2.59 bits per heavy atom. The molecule has 2 N–H and O–H groups in total. The van der Waals surface area contributed by atoms with Crippen molar-refractivity contribution in [3.8, 4) is 0 Å². The van der Waals surface area contributed by atoms with Crippen molar-refractivity contribution in [1.82, 2.24) is 14.6 Å². The molecular weight excluding hydrogens is 428 g/mol. The van der Waals surface area contributed by atoms with Crippen LogP contribution in [-0.4, -0.2) is 67.4 Å². The van der Waals surface area contributed by atoms with Crippen LogP contribution in [0.5, 0.6) is 0 Å². The van der Waals surface area contributed by atoms with Gasteiger partial charge in [-0.05, 0) is 36.6 Å². The van der Waals surface area contributed by atoms with Crippen molar-refractivity contribution in [3.05, 3.63) is 60.1 Å². The van der Waals surface area contributed by atoms with Gasteiger partial charge in [0.15, 0.2) is 0 Å². The summed E-state index contributed by atoms with van der Waals surface area (Å²) < 4.78 is 28.1. The molecule has 1 aromatic heterocycles. The first-order chi connectivity index (χ1) is 15.3. The number of anilines is 1. The molecular formula is C23H32N4O4S. The SMILES string of the molecule is CCCCS(=O)(=O)NC1C(=CN2CCN(c3ccncc3)CC2)C=CC=C1C(C)C(=O)O. The Kier molecular flexibility index (Phi) is 8.09. The first kappa shape index (κ1) is 24.0. The Labute approximate surface area is 190 Å². The summed E-state index contributed by atoms with van der Waals surface area (Å²) in [5, 5.41) is 9.55. The number of rotatable bonds is 9. The normalized spacial score (nSPS) is 21.5.